The SMILES string of the molecule is O=C(N[C@H]1CCS(=O)(=O)C1)c1ccc(Cl)c(S(=O)(=O)NC[C@@H]2CCCO2)c1. The zero-order valence-electron chi connectivity index (χ0n) is 14.5. The Bertz CT molecular complexity index is 926. The van der Waals surface area contributed by atoms with Crippen LogP contribution in [0, 0.1) is 0 Å². The molecule has 0 spiro atoms. The molecule has 0 unspecified atom stereocenters. The number of sulfone groups is 1. The maximum Gasteiger partial charge on any atom is 0.251 e. The van der Waals surface area contributed by atoms with Crippen LogP contribution in [0.25, 0.3) is 0 Å². The Hall–Kier alpha value is -1.20. The van der Waals surface area contributed by atoms with E-state index in [1.54, 1.807) is 0 Å². The van der Waals surface area contributed by atoms with Crippen LogP contribution in [0.15, 0.2) is 23.1 Å². The van der Waals surface area contributed by atoms with Gasteiger partial charge < -0.3 is 10.1 Å². The van der Waals surface area contributed by atoms with Crippen molar-refractivity contribution >= 4 is 37.4 Å². The molecule has 2 aliphatic rings. The van der Waals surface area contributed by atoms with E-state index in [-0.39, 0.29) is 39.6 Å². The Morgan fingerprint density at radius 3 is 2.70 bits per heavy atom. The lowest BCUT2D eigenvalue weighted by molar-refractivity contribution is 0.0941. The van der Waals surface area contributed by atoms with E-state index in [0.717, 1.165) is 12.8 Å². The number of amides is 1. The van der Waals surface area contributed by atoms with Crippen molar-refractivity contribution in [1.82, 2.24) is 10.0 Å². The van der Waals surface area contributed by atoms with Crippen LogP contribution >= 0.6 is 11.6 Å². The maximum absolute atomic E-state index is 12.6. The van der Waals surface area contributed by atoms with Gasteiger partial charge in [-0.25, -0.2) is 21.6 Å². The largest absolute Gasteiger partial charge is 0.377 e. The van der Waals surface area contributed by atoms with E-state index in [1.807, 2.05) is 0 Å². The number of sulfonamides is 1. The Morgan fingerprint density at radius 1 is 1.30 bits per heavy atom. The highest BCUT2D eigenvalue weighted by Gasteiger charge is 2.30. The fourth-order valence-corrected chi connectivity index (χ4v) is 6.38. The molecule has 0 radical (unpaired) electrons. The standard InChI is InChI=1S/C16H21ClN2O6S2/c17-14-4-3-11(16(20)19-12-5-7-26(21,22)10-12)8-15(14)27(23,24)18-9-13-2-1-6-25-13/h3-4,8,12-13,18H,1-2,5-7,9-10H2,(H,19,20)/t12-,13-/m0/s1. The normalized spacial score (nSPS) is 24.8. The number of carbonyl (C=O) groups is 1. The van der Waals surface area contributed by atoms with Gasteiger partial charge in [0.25, 0.3) is 5.91 Å². The van der Waals surface area contributed by atoms with Crippen LogP contribution in [-0.2, 0) is 24.6 Å². The van der Waals surface area contributed by atoms with Crippen molar-refractivity contribution in [3.05, 3.63) is 28.8 Å². The second-order valence-electron chi connectivity index (χ2n) is 6.71. The minimum absolute atomic E-state index is 0.00478. The van der Waals surface area contributed by atoms with Crippen LogP contribution in [0.1, 0.15) is 29.6 Å². The summed E-state index contributed by atoms with van der Waals surface area (Å²) in [5, 5.41) is 2.62. The predicted octanol–water partition coefficient (Wildman–Crippen LogP) is 0.714. The van der Waals surface area contributed by atoms with Crippen molar-refractivity contribution < 1.29 is 26.4 Å². The molecule has 1 aromatic rings. The molecule has 0 saturated carbocycles. The third kappa shape index (κ3) is 5.20. The molecule has 3 rings (SSSR count). The molecule has 0 aromatic heterocycles. The summed E-state index contributed by atoms with van der Waals surface area (Å²) in [6, 6.07) is 3.46. The van der Waals surface area contributed by atoms with Gasteiger partial charge in [-0.3, -0.25) is 4.79 Å². The molecular formula is C16H21ClN2O6S2. The molecule has 2 N–H and O–H groups in total. The molecule has 1 aromatic carbocycles. The molecule has 2 fully saturated rings. The van der Waals surface area contributed by atoms with Crippen LogP contribution in [0.2, 0.25) is 5.02 Å². The molecule has 1 amide bonds. The summed E-state index contributed by atoms with van der Waals surface area (Å²) >= 11 is 6.03. The van der Waals surface area contributed by atoms with E-state index in [9.17, 15) is 21.6 Å². The number of carbonyl (C=O) groups excluding carboxylic acids is 1. The molecular weight excluding hydrogens is 416 g/mol. The molecule has 8 nitrogen and oxygen atoms in total. The minimum Gasteiger partial charge on any atom is -0.377 e. The van der Waals surface area contributed by atoms with Gasteiger partial charge >= 0.3 is 0 Å². The molecule has 150 valence electrons. The Labute approximate surface area is 163 Å². The molecule has 11 heteroatoms. The first-order chi connectivity index (χ1) is 12.7. The van der Waals surface area contributed by atoms with Crippen molar-refractivity contribution in [3.8, 4) is 0 Å². The van der Waals surface area contributed by atoms with Crippen molar-refractivity contribution in [1.29, 1.82) is 0 Å². The van der Waals surface area contributed by atoms with Gasteiger partial charge in [0.1, 0.15) is 4.90 Å². The number of hydrogen-bond acceptors (Lipinski definition) is 6. The molecule has 2 aliphatic heterocycles. The van der Waals surface area contributed by atoms with Gasteiger partial charge in [0.2, 0.25) is 10.0 Å². The van der Waals surface area contributed by atoms with Crippen molar-refractivity contribution in [3.63, 3.8) is 0 Å². The van der Waals surface area contributed by atoms with Gasteiger partial charge in [0.15, 0.2) is 9.84 Å². The van der Waals surface area contributed by atoms with E-state index < -0.39 is 31.8 Å². The van der Waals surface area contributed by atoms with Gasteiger partial charge in [0.05, 0.1) is 22.6 Å². The predicted molar refractivity (Wildman–Crippen MR) is 100 cm³/mol. The summed E-state index contributed by atoms with van der Waals surface area (Å²) in [5.41, 5.74) is 0.0983. The van der Waals surface area contributed by atoms with Crippen molar-refractivity contribution in [2.75, 3.05) is 24.7 Å². The van der Waals surface area contributed by atoms with Gasteiger partial charge in [0, 0.05) is 24.8 Å². The summed E-state index contributed by atoms with van der Waals surface area (Å²) in [6.45, 7) is 0.745. The van der Waals surface area contributed by atoms with Crippen LogP contribution < -0.4 is 10.0 Å². The monoisotopic (exact) mass is 436 g/mol. The second-order valence-corrected chi connectivity index (χ2v) is 11.1. The molecule has 2 atom stereocenters. The number of halogens is 1. The average molecular weight is 437 g/mol. The quantitative estimate of drug-likeness (QED) is 0.678. The third-order valence-electron chi connectivity index (χ3n) is 4.58. The van der Waals surface area contributed by atoms with Crippen molar-refractivity contribution in [2.24, 2.45) is 0 Å². The highest BCUT2D eigenvalue weighted by molar-refractivity contribution is 7.91. The zero-order valence-corrected chi connectivity index (χ0v) is 16.9. The van der Waals surface area contributed by atoms with Crippen LogP contribution in [0.5, 0.6) is 0 Å². The Balaban J connectivity index is 1.72. The first-order valence-electron chi connectivity index (χ1n) is 8.58. The fraction of sp³-hybridized carbons (Fsp3) is 0.562. The van der Waals surface area contributed by atoms with Crippen LogP contribution in [0.3, 0.4) is 0 Å². The van der Waals surface area contributed by atoms with Crippen LogP contribution in [0.4, 0.5) is 0 Å². The highest BCUT2D eigenvalue weighted by atomic mass is 35.5. The van der Waals surface area contributed by atoms with Crippen molar-refractivity contribution in [2.45, 2.75) is 36.3 Å². The van der Waals surface area contributed by atoms with E-state index >= 15 is 0 Å². The number of hydrogen-bond donors (Lipinski definition) is 2. The maximum atomic E-state index is 12.6. The summed E-state index contributed by atoms with van der Waals surface area (Å²) < 4.78 is 56.0. The fourth-order valence-electron chi connectivity index (χ4n) is 3.11. The van der Waals surface area contributed by atoms with Gasteiger partial charge in [-0.15, -0.1) is 0 Å². The van der Waals surface area contributed by atoms with E-state index in [0.29, 0.717) is 13.0 Å². The second kappa shape index (κ2) is 8.04. The first kappa shape index (κ1) is 20.5. The molecule has 27 heavy (non-hydrogen) atoms. The lowest BCUT2D eigenvalue weighted by atomic mass is 10.2. The summed E-state index contributed by atoms with van der Waals surface area (Å²) in [4.78, 5) is 12.2. The average Bonchev–Trinajstić information content (AvgIpc) is 3.22. The summed E-state index contributed by atoms with van der Waals surface area (Å²) in [6.07, 6.45) is 1.84. The van der Waals surface area contributed by atoms with Crippen LogP contribution in [-0.4, -0.2) is 59.5 Å². The number of nitrogens with one attached hydrogen (secondary N) is 2. The number of rotatable bonds is 6. The topological polar surface area (TPSA) is 119 Å². The van der Waals surface area contributed by atoms with Gasteiger partial charge in [-0.1, -0.05) is 11.6 Å². The number of benzene rings is 1. The van der Waals surface area contributed by atoms with E-state index in [1.165, 1.54) is 18.2 Å². The summed E-state index contributed by atoms with van der Waals surface area (Å²) in [7, 11) is -7.05. The smallest absolute Gasteiger partial charge is 0.251 e. The molecule has 2 heterocycles. The minimum atomic E-state index is -3.92. The van der Waals surface area contributed by atoms with E-state index in [4.69, 9.17) is 16.3 Å². The highest BCUT2D eigenvalue weighted by Crippen LogP contribution is 2.23. The Kier molecular flexibility index (Phi) is 6.11. The Morgan fingerprint density at radius 2 is 2.07 bits per heavy atom. The zero-order chi connectivity index (χ0) is 19.7. The van der Waals surface area contributed by atoms with Gasteiger partial charge in [-0.05, 0) is 37.5 Å². The molecule has 0 aliphatic carbocycles. The summed E-state index contributed by atoms with van der Waals surface area (Å²) in [5.74, 6) is -0.615. The lowest BCUT2D eigenvalue weighted by Crippen LogP contribution is -2.36. The van der Waals surface area contributed by atoms with E-state index in [2.05, 4.69) is 10.0 Å². The number of ether oxygens (including phenoxy) is 1. The third-order valence-corrected chi connectivity index (χ3v) is 8.25. The molecule has 2 saturated heterocycles. The molecule has 0 bridgehead atoms. The van der Waals surface area contributed by atoms with Gasteiger partial charge in [-0.2, -0.15) is 0 Å². The first-order valence-corrected chi connectivity index (χ1v) is 12.3. The lowest BCUT2D eigenvalue weighted by Gasteiger charge is -2.14.